The summed E-state index contributed by atoms with van der Waals surface area (Å²) in [6.07, 6.45) is 29.2. The zero-order valence-corrected chi connectivity index (χ0v) is 41.8. The Balaban J connectivity index is 0.00000112. The quantitative estimate of drug-likeness (QED) is 0.0501. The van der Waals surface area contributed by atoms with Crippen LogP contribution in [0.4, 0.5) is 0 Å². The molecule has 0 amide bonds. The standard InChI is InChI=1S/2C25H42O4.Ba/c2*1-22(29-21-23-17-13-11-14-18-23)16-12-9-7-5-3-2-4-6-8-10-15-19-24(26)20-25(27)28;/h2*11,13-14,17-18,22,24,26H,2-10,12,15-16,19-21H2,1H3,(H,27,28);/q;;+2/p-2. The first-order valence-electron chi connectivity index (χ1n) is 23.2. The van der Waals surface area contributed by atoms with E-state index in [-0.39, 0.29) is 61.7 Å². The van der Waals surface area contributed by atoms with Crippen LogP contribution >= 0.6 is 0 Å². The maximum Gasteiger partial charge on any atom is 2.00 e. The Morgan fingerprint density at radius 3 is 0.932 bits per heavy atom. The number of aliphatic carboxylic acids is 2. The van der Waals surface area contributed by atoms with Gasteiger partial charge in [0.25, 0.3) is 0 Å². The van der Waals surface area contributed by atoms with Gasteiger partial charge in [0, 0.05) is 24.8 Å². The van der Waals surface area contributed by atoms with Gasteiger partial charge in [-0.3, -0.25) is 0 Å². The number of hydrogen-bond acceptors (Lipinski definition) is 8. The number of rotatable bonds is 38. The van der Waals surface area contributed by atoms with Gasteiger partial charge in [-0.05, 0) is 50.7 Å². The zero-order valence-electron chi connectivity index (χ0n) is 37.3. The Bertz CT molecular complexity index is 1110. The van der Waals surface area contributed by atoms with Crippen LogP contribution in [-0.4, -0.2) is 95.4 Å². The van der Waals surface area contributed by atoms with E-state index in [2.05, 4.69) is 62.4 Å². The molecule has 4 atom stereocenters. The van der Waals surface area contributed by atoms with Gasteiger partial charge in [0.1, 0.15) is 0 Å². The second kappa shape index (κ2) is 42.1. The first-order valence-corrected chi connectivity index (χ1v) is 23.2. The minimum Gasteiger partial charge on any atom is -0.550 e. The third-order valence-corrected chi connectivity index (χ3v) is 10.9. The van der Waals surface area contributed by atoms with Crippen molar-refractivity contribution < 1.29 is 39.5 Å². The third kappa shape index (κ3) is 40.6. The van der Waals surface area contributed by atoms with Gasteiger partial charge in [0.2, 0.25) is 0 Å². The van der Waals surface area contributed by atoms with Crippen molar-refractivity contribution in [2.45, 2.75) is 231 Å². The number of benzene rings is 2. The number of carbonyl (C=O) groups excluding carboxylic acids is 2. The molecule has 8 nitrogen and oxygen atoms in total. The van der Waals surface area contributed by atoms with E-state index in [1.165, 1.54) is 127 Å². The monoisotopic (exact) mass is 949 g/mol. The molecule has 0 aliphatic heterocycles. The molecule has 0 aromatic heterocycles. The van der Waals surface area contributed by atoms with Crippen LogP contribution in [0.1, 0.15) is 205 Å². The molecule has 0 saturated heterocycles. The molecule has 332 valence electrons. The SMILES string of the molecule is CC(CCCCCCCCCCCCCC(O)CC(=O)[O-])OCc1ccccc1.CC(CCCCCCCCCCCCCC(O)CC(=O)[O-])OCc1ccccc1.[Ba+2]. The number of ether oxygens (including phenoxy) is 2. The average molecular weight is 949 g/mol. The summed E-state index contributed by atoms with van der Waals surface area (Å²) < 4.78 is 11.8. The van der Waals surface area contributed by atoms with Crippen molar-refractivity contribution >= 4 is 60.8 Å². The molecule has 9 heteroatoms. The fourth-order valence-corrected chi connectivity index (χ4v) is 7.19. The Hall–Kier alpha value is -1.21. The molecular formula is C50H82BaO8. The minimum atomic E-state index is -1.16. The summed E-state index contributed by atoms with van der Waals surface area (Å²) in [6, 6.07) is 20.7. The van der Waals surface area contributed by atoms with Gasteiger partial charge in [-0.1, -0.05) is 202 Å². The first kappa shape index (κ1) is 57.8. The number of hydrogen-bond donors (Lipinski definition) is 2. The predicted molar refractivity (Wildman–Crippen MR) is 238 cm³/mol. The second-order valence-corrected chi connectivity index (χ2v) is 16.6. The van der Waals surface area contributed by atoms with Gasteiger partial charge in [0.15, 0.2) is 0 Å². The van der Waals surface area contributed by atoms with Crippen LogP contribution in [0.15, 0.2) is 60.7 Å². The van der Waals surface area contributed by atoms with Crippen LogP contribution < -0.4 is 10.2 Å². The number of aliphatic hydroxyl groups is 2. The van der Waals surface area contributed by atoms with E-state index in [1.807, 2.05) is 12.1 Å². The summed E-state index contributed by atoms with van der Waals surface area (Å²) in [5.74, 6) is -2.33. The molecule has 0 saturated carbocycles. The van der Waals surface area contributed by atoms with Crippen molar-refractivity contribution in [1.29, 1.82) is 0 Å². The molecular weight excluding hydrogens is 866 g/mol. The second-order valence-electron chi connectivity index (χ2n) is 16.6. The van der Waals surface area contributed by atoms with Crippen molar-refractivity contribution in [1.82, 2.24) is 0 Å². The Morgan fingerprint density at radius 1 is 0.441 bits per heavy atom. The Labute approximate surface area is 400 Å². The third-order valence-electron chi connectivity index (χ3n) is 10.9. The van der Waals surface area contributed by atoms with E-state index >= 15 is 0 Å². The van der Waals surface area contributed by atoms with Gasteiger partial charge in [-0.2, -0.15) is 0 Å². The molecule has 0 spiro atoms. The molecule has 0 heterocycles. The molecule has 0 radical (unpaired) electrons. The molecule has 4 unspecified atom stereocenters. The predicted octanol–water partition coefficient (Wildman–Crippen LogP) is 9.95. The zero-order chi connectivity index (χ0) is 42.3. The molecule has 2 aromatic rings. The summed E-state index contributed by atoms with van der Waals surface area (Å²) in [4.78, 5) is 20.7. The molecule has 2 rings (SSSR count). The van der Waals surface area contributed by atoms with Gasteiger partial charge < -0.3 is 39.5 Å². The van der Waals surface area contributed by atoms with Gasteiger partial charge in [0.05, 0.1) is 37.6 Å². The summed E-state index contributed by atoms with van der Waals surface area (Å²) in [6.45, 7) is 5.77. The largest absolute Gasteiger partial charge is 2.00 e. The molecule has 0 bridgehead atoms. The fraction of sp³-hybridized carbons (Fsp3) is 0.720. The van der Waals surface area contributed by atoms with Crippen molar-refractivity contribution in [3.63, 3.8) is 0 Å². The number of carboxylic acid groups (broad SMARTS) is 2. The summed E-state index contributed by atoms with van der Waals surface area (Å²) in [7, 11) is 0. The van der Waals surface area contributed by atoms with E-state index < -0.39 is 24.1 Å². The summed E-state index contributed by atoms with van der Waals surface area (Å²) >= 11 is 0. The van der Waals surface area contributed by atoms with Crippen molar-refractivity contribution in [3.05, 3.63) is 71.8 Å². The molecule has 2 N–H and O–H groups in total. The molecule has 0 aliphatic rings. The maximum absolute atomic E-state index is 10.4. The summed E-state index contributed by atoms with van der Waals surface area (Å²) in [5, 5.41) is 39.6. The maximum atomic E-state index is 10.4. The van der Waals surface area contributed by atoms with Crippen LogP contribution in [-0.2, 0) is 32.3 Å². The van der Waals surface area contributed by atoms with Gasteiger partial charge in [-0.25, -0.2) is 0 Å². The smallest absolute Gasteiger partial charge is 0.550 e. The first-order chi connectivity index (χ1) is 28.2. The Morgan fingerprint density at radius 2 is 0.678 bits per heavy atom. The number of unbranched alkanes of at least 4 members (excludes halogenated alkanes) is 20. The van der Waals surface area contributed by atoms with Crippen LogP contribution in [0.25, 0.3) is 0 Å². The molecule has 2 aromatic carbocycles. The van der Waals surface area contributed by atoms with E-state index in [0.717, 1.165) is 38.5 Å². The van der Waals surface area contributed by atoms with Crippen LogP contribution in [0.3, 0.4) is 0 Å². The minimum absolute atomic E-state index is 0. The Kier molecular flexibility index (Phi) is 41.2. The summed E-state index contributed by atoms with van der Waals surface area (Å²) in [5.41, 5.74) is 2.49. The fourth-order valence-electron chi connectivity index (χ4n) is 7.19. The molecule has 59 heavy (non-hydrogen) atoms. The van der Waals surface area contributed by atoms with Crippen LogP contribution in [0.2, 0.25) is 0 Å². The normalized spacial score (nSPS) is 13.1. The van der Waals surface area contributed by atoms with E-state index in [1.54, 1.807) is 0 Å². The van der Waals surface area contributed by atoms with E-state index in [4.69, 9.17) is 9.47 Å². The van der Waals surface area contributed by atoms with E-state index in [9.17, 15) is 30.0 Å². The van der Waals surface area contributed by atoms with Crippen LogP contribution in [0.5, 0.6) is 0 Å². The van der Waals surface area contributed by atoms with E-state index in [0.29, 0.717) is 38.3 Å². The topological polar surface area (TPSA) is 139 Å². The van der Waals surface area contributed by atoms with Crippen molar-refractivity contribution in [2.75, 3.05) is 0 Å². The average Bonchev–Trinajstić information content (AvgIpc) is 3.20. The van der Waals surface area contributed by atoms with Crippen LogP contribution in [0, 0.1) is 0 Å². The van der Waals surface area contributed by atoms with Gasteiger partial charge in [-0.15, -0.1) is 0 Å². The van der Waals surface area contributed by atoms with Gasteiger partial charge >= 0.3 is 48.9 Å². The molecule has 0 aliphatic carbocycles. The molecule has 0 fully saturated rings. The van der Waals surface area contributed by atoms with Crippen molar-refractivity contribution in [2.24, 2.45) is 0 Å². The number of aliphatic hydroxyl groups excluding tert-OH is 2. The van der Waals surface area contributed by atoms with Crippen molar-refractivity contribution in [3.8, 4) is 0 Å². The number of carboxylic acids is 2. The number of carbonyl (C=O) groups is 2.